The van der Waals surface area contributed by atoms with Gasteiger partial charge in [-0.15, -0.1) is 0 Å². The quantitative estimate of drug-likeness (QED) is 0.382. The molecule has 2 aromatic heterocycles. The molecular formula is C32H40N4O4. The fraction of sp³-hybridized carbons (Fsp3) is 0.500. The van der Waals surface area contributed by atoms with Gasteiger partial charge in [0.2, 0.25) is 0 Å². The molecular weight excluding hydrogens is 504 g/mol. The predicted octanol–water partition coefficient (Wildman–Crippen LogP) is 6.27. The van der Waals surface area contributed by atoms with Gasteiger partial charge in [0.15, 0.2) is 5.78 Å². The molecule has 3 aliphatic rings. The van der Waals surface area contributed by atoms with Crippen LogP contribution in [0.2, 0.25) is 0 Å². The molecule has 5 rings (SSSR count). The third-order valence-corrected chi connectivity index (χ3v) is 9.14. The van der Waals surface area contributed by atoms with Gasteiger partial charge in [-0.1, -0.05) is 20.8 Å². The van der Waals surface area contributed by atoms with Gasteiger partial charge in [-0.2, -0.15) is 0 Å². The first-order valence-corrected chi connectivity index (χ1v) is 14.3. The molecule has 8 heteroatoms. The molecule has 5 atom stereocenters. The van der Waals surface area contributed by atoms with Crippen LogP contribution < -0.4 is 0 Å². The lowest BCUT2D eigenvalue weighted by atomic mass is 9.87. The van der Waals surface area contributed by atoms with Crippen molar-refractivity contribution >= 4 is 22.8 Å². The molecule has 0 aromatic carbocycles. The highest BCUT2D eigenvalue weighted by atomic mass is 16.5. The summed E-state index contributed by atoms with van der Waals surface area (Å²) in [4.78, 5) is 42.2. The van der Waals surface area contributed by atoms with Crippen molar-refractivity contribution in [3.05, 3.63) is 69.1 Å². The lowest BCUT2D eigenvalue weighted by Crippen LogP contribution is -2.07. The number of aliphatic hydroxyl groups is 1. The number of rotatable bonds is 5. The Morgan fingerprint density at radius 2 is 1.80 bits per heavy atom. The van der Waals surface area contributed by atoms with Crippen LogP contribution >= 0.6 is 0 Å². The van der Waals surface area contributed by atoms with Gasteiger partial charge in [0, 0.05) is 69.5 Å². The maximum absolute atomic E-state index is 13.2. The maximum Gasteiger partial charge on any atom is 0.305 e. The molecule has 0 radical (unpaired) electrons. The highest BCUT2D eigenvalue weighted by molar-refractivity contribution is 5.97. The summed E-state index contributed by atoms with van der Waals surface area (Å²) in [6.07, 6.45) is 1.39. The molecule has 0 saturated carbocycles. The summed E-state index contributed by atoms with van der Waals surface area (Å²) < 4.78 is 4.91. The van der Waals surface area contributed by atoms with E-state index in [2.05, 4.69) is 42.9 Å². The number of nitrogens with one attached hydrogen (secondary N) is 2. The summed E-state index contributed by atoms with van der Waals surface area (Å²) in [6.45, 7) is 12.3. The fourth-order valence-corrected chi connectivity index (χ4v) is 6.66. The third kappa shape index (κ3) is 4.83. The Kier molecular flexibility index (Phi) is 7.57. The SMILES string of the molecule is CC[C@H]1c2nc(cc3[nH]c(cc4[nH]c(cc5nc(c2C)CC5=O)[C@@H](CCC(=O)OC)[C@@H]4C)c(C)c3[C@H](C)O)[C@@H]1C. The largest absolute Gasteiger partial charge is 0.469 e. The van der Waals surface area contributed by atoms with Crippen molar-refractivity contribution < 1.29 is 19.4 Å². The number of nitrogens with zero attached hydrogens (tertiary/aromatic N) is 2. The summed E-state index contributed by atoms with van der Waals surface area (Å²) in [5, 5.41) is 10.8. The van der Waals surface area contributed by atoms with Crippen LogP contribution in [0.5, 0.6) is 0 Å². The highest BCUT2D eigenvalue weighted by Crippen LogP contribution is 2.42. The van der Waals surface area contributed by atoms with Crippen molar-refractivity contribution in [2.75, 3.05) is 7.11 Å². The van der Waals surface area contributed by atoms with E-state index in [4.69, 9.17) is 14.7 Å². The number of aryl methyl sites for hydroxylation is 1. The van der Waals surface area contributed by atoms with Gasteiger partial charge in [-0.25, -0.2) is 4.98 Å². The molecule has 3 N–H and O–H groups in total. The van der Waals surface area contributed by atoms with Crippen molar-refractivity contribution in [3.63, 3.8) is 0 Å². The highest BCUT2D eigenvalue weighted by Gasteiger charge is 2.32. The molecule has 0 fully saturated rings. The molecule has 0 saturated heterocycles. The maximum atomic E-state index is 13.2. The van der Waals surface area contributed by atoms with E-state index in [1.54, 1.807) is 6.92 Å². The number of methoxy groups -OCH3 is 1. The number of aromatic amines is 2. The first-order chi connectivity index (χ1) is 19.0. The van der Waals surface area contributed by atoms with E-state index in [1.165, 1.54) is 7.11 Å². The van der Waals surface area contributed by atoms with Crippen molar-refractivity contribution in [2.45, 2.75) is 97.0 Å². The van der Waals surface area contributed by atoms with Crippen molar-refractivity contribution in [3.8, 4) is 0 Å². The van der Waals surface area contributed by atoms with E-state index in [-0.39, 0.29) is 48.3 Å². The molecule has 0 spiro atoms. The Hall–Kier alpha value is -3.52. The Morgan fingerprint density at radius 1 is 1.05 bits per heavy atom. The van der Waals surface area contributed by atoms with E-state index < -0.39 is 6.10 Å². The normalized spacial score (nSPS) is 22.2. The van der Waals surface area contributed by atoms with E-state index in [0.717, 1.165) is 62.6 Å². The van der Waals surface area contributed by atoms with Crippen LogP contribution in [-0.4, -0.2) is 43.9 Å². The van der Waals surface area contributed by atoms with Gasteiger partial charge in [-0.05, 0) is 62.9 Å². The summed E-state index contributed by atoms with van der Waals surface area (Å²) in [5.74, 6) is 0.195. The molecule has 212 valence electrons. The van der Waals surface area contributed by atoms with Crippen LogP contribution in [0, 0.1) is 13.8 Å². The van der Waals surface area contributed by atoms with Crippen LogP contribution in [-0.2, 0) is 16.0 Å². The smallest absolute Gasteiger partial charge is 0.305 e. The minimum Gasteiger partial charge on any atom is -0.469 e. The zero-order valence-corrected chi connectivity index (χ0v) is 24.5. The topological polar surface area (TPSA) is 121 Å². The van der Waals surface area contributed by atoms with Crippen LogP contribution in [0.1, 0.15) is 132 Å². The Labute approximate surface area is 235 Å². The van der Waals surface area contributed by atoms with Crippen molar-refractivity contribution in [1.82, 2.24) is 19.9 Å². The van der Waals surface area contributed by atoms with Crippen LogP contribution in [0.3, 0.4) is 0 Å². The lowest BCUT2D eigenvalue weighted by Gasteiger charge is -2.15. The average Bonchev–Trinajstić information content (AvgIpc) is 3.61. The van der Waals surface area contributed by atoms with Gasteiger partial charge in [0.25, 0.3) is 0 Å². The first-order valence-electron chi connectivity index (χ1n) is 14.3. The predicted molar refractivity (Wildman–Crippen MR) is 154 cm³/mol. The number of Topliss-reactive ketones (excluding diaryl/α,β-unsaturated/α-hetero) is 1. The number of esters is 1. The van der Waals surface area contributed by atoms with Gasteiger partial charge >= 0.3 is 5.97 Å². The second-order valence-corrected chi connectivity index (χ2v) is 11.5. The first kappa shape index (κ1) is 28.0. The minimum atomic E-state index is -0.655. The zero-order chi connectivity index (χ0) is 28.9. The minimum absolute atomic E-state index is 0.00812. The van der Waals surface area contributed by atoms with E-state index in [0.29, 0.717) is 12.1 Å². The number of carbonyl (C=O) groups excluding carboxylic acids is 2. The second-order valence-electron chi connectivity index (χ2n) is 11.5. The number of aromatic nitrogens is 4. The molecule has 0 unspecified atom stereocenters. The summed E-state index contributed by atoms with van der Waals surface area (Å²) in [6, 6.07) is 6.02. The Balaban J connectivity index is 1.85. The standard InChI is InChI=1S/C32H40N4O4/c1-8-20-15(2)23-12-28-31(19(6)37)17(4)24(35-28)11-22-16(3)21(9-10-30(39)40-7)26(33-22)13-27-29(38)14-25(34-27)18(5)32(20)36-23/h11-13,15-16,19-21,33,35,37H,8-10,14H2,1-7H3/t15-,16+,19+,20-,21+/m1/s1. The Morgan fingerprint density at radius 3 is 2.48 bits per heavy atom. The van der Waals surface area contributed by atoms with E-state index >= 15 is 0 Å². The second kappa shape index (κ2) is 10.8. The van der Waals surface area contributed by atoms with Crippen LogP contribution in [0.15, 0.2) is 18.2 Å². The van der Waals surface area contributed by atoms with Gasteiger partial charge < -0.3 is 19.8 Å². The molecule has 8 nitrogen and oxygen atoms in total. The molecule has 0 aliphatic carbocycles. The number of carbonyl (C=O) groups is 2. The zero-order valence-electron chi connectivity index (χ0n) is 24.5. The summed E-state index contributed by atoms with van der Waals surface area (Å²) in [7, 11) is 1.40. The number of hydrogen-bond acceptors (Lipinski definition) is 6. The van der Waals surface area contributed by atoms with Crippen LogP contribution in [0.25, 0.3) is 11.0 Å². The number of fused-ring (bicyclic) bond motifs is 8. The molecule has 0 amide bonds. The number of ether oxygens (including phenoxy) is 1. The van der Waals surface area contributed by atoms with E-state index in [1.807, 2.05) is 19.9 Å². The van der Waals surface area contributed by atoms with Crippen LogP contribution in [0.4, 0.5) is 0 Å². The third-order valence-electron chi connectivity index (χ3n) is 9.14. The number of hydrogen-bond donors (Lipinski definition) is 3. The molecule has 40 heavy (non-hydrogen) atoms. The van der Waals surface area contributed by atoms with E-state index in [9.17, 15) is 14.7 Å². The van der Waals surface area contributed by atoms with Gasteiger partial charge in [0.05, 0.1) is 25.3 Å². The fourth-order valence-electron chi connectivity index (χ4n) is 6.66. The number of H-pyrrole nitrogens is 2. The van der Waals surface area contributed by atoms with Gasteiger partial charge in [0.1, 0.15) is 5.69 Å². The summed E-state index contributed by atoms with van der Waals surface area (Å²) >= 11 is 0. The molecule has 2 aromatic rings. The number of aliphatic hydroxyl groups excluding tert-OH is 1. The summed E-state index contributed by atoms with van der Waals surface area (Å²) in [5.41, 5.74) is 9.58. The van der Waals surface area contributed by atoms with Gasteiger partial charge in [-0.3, -0.25) is 14.6 Å². The monoisotopic (exact) mass is 544 g/mol. The average molecular weight is 545 g/mol. The Bertz CT molecular complexity index is 1550. The van der Waals surface area contributed by atoms with Crippen molar-refractivity contribution in [2.24, 2.45) is 0 Å². The van der Waals surface area contributed by atoms with Crippen molar-refractivity contribution in [1.29, 1.82) is 0 Å². The molecule has 8 bridgehead atoms. The lowest BCUT2D eigenvalue weighted by molar-refractivity contribution is -0.140. The molecule has 5 heterocycles. The number of ketones is 1. The molecule has 3 aliphatic heterocycles.